The first-order chi connectivity index (χ1) is 18.7. The highest BCUT2D eigenvalue weighted by molar-refractivity contribution is 5.97. The number of nitrogens with zero attached hydrogens (tertiary/aromatic N) is 5. The number of aliphatic hydroxyl groups is 1. The maximum absolute atomic E-state index is 10.3. The van der Waals surface area contributed by atoms with Gasteiger partial charge in [0.25, 0.3) is 0 Å². The van der Waals surface area contributed by atoms with Crippen molar-refractivity contribution in [1.29, 1.82) is 0 Å². The van der Waals surface area contributed by atoms with Gasteiger partial charge in [-0.25, -0.2) is 9.97 Å². The number of hydrogen-bond acceptors (Lipinski definition) is 5. The van der Waals surface area contributed by atoms with Gasteiger partial charge in [0.05, 0.1) is 23.5 Å². The van der Waals surface area contributed by atoms with Crippen molar-refractivity contribution in [3.63, 3.8) is 0 Å². The predicted molar refractivity (Wildman–Crippen MR) is 148 cm³/mol. The Hall–Kier alpha value is -3.71. The summed E-state index contributed by atoms with van der Waals surface area (Å²) >= 11 is 0. The van der Waals surface area contributed by atoms with Gasteiger partial charge in [0.15, 0.2) is 0 Å². The van der Waals surface area contributed by atoms with Gasteiger partial charge in [-0.1, -0.05) is 55.7 Å². The third-order valence-corrected chi connectivity index (χ3v) is 8.41. The molecule has 0 radical (unpaired) electrons. The molecule has 0 bridgehead atoms. The lowest BCUT2D eigenvalue weighted by atomic mass is 9.95. The van der Waals surface area contributed by atoms with Crippen molar-refractivity contribution < 1.29 is 9.84 Å². The van der Waals surface area contributed by atoms with Crippen LogP contribution in [0.1, 0.15) is 69.0 Å². The predicted octanol–water partition coefficient (Wildman–Crippen LogP) is 6.62. The molecule has 7 rings (SSSR count). The molecular formula is C31H33N5O2. The molecule has 1 N–H and O–H groups in total. The van der Waals surface area contributed by atoms with E-state index in [1.807, 2.05) is 24.5 Å². The number of hydrogen-bond donors (Lipinski definition) is 1. The largest absolute Gasteiger partial charge is 0.471 e. The van der Waals surface area contributed by atoms with E-state index in [1.165, 1.54) is 37.6 Å². The van der Waals surface area contributed by atoms with E-state index in [-0.39, 0.29) is 12.1 Å². The lowest BCUT2D eigenvalue weighted by molar-refractivity contribution is 0.178. The lowest BCUT2D eigenvalue weighted by Gasteiger charge is -2.23. The average molecular weight is 508 g/mol. The van der Waals surface area contributed by atoms with Crippen molar-refractivity contribution >= 4 is 22.1 Å². The molecule has 5 aromatic rings. The highest BCUT2D eigenvalue weighted by atomic mass is 16.5. The number of aliphatic hydroxyl groups excluding tert-OH is 1. The van der Waals surface area contributed by atoms with Crippen LogP contribution in [0.5, 0.6) is 5.88 Å². The van der Waals surface area contributed by atoms with Crippen molar-refractivity contribution in [2.24, 2.45) is 0 Å². The fourth-order valence-electron chi connectivity index (χ4n) is 6.42. The second kappa shape index (κ2) is 9.87. The zero-order chi connectivity index (χ0) is 25.5. The molecule has 7 nitrogen and oxygen atoms in total. The molecule has 2 unspecified atom stereocenters. The topological polar surface area (TPSA) is 78.0 Å². The van der Waals surface area contributed by atoms with Crippen molar-refractivity contribution in [2.45, 2.75) is 76.2 Å². The smallest absolute Gasteiger partial charge is 0.242 e. The minimum atomic E-state index is -0.278. The number of aromatic nitrogens is 5. The molecule has 2 fully saturated rings. The minimum Gasteiger partial charge on any atom is -0.471 e. The molecule has 194 valence electrons. The summed E-state index contributed by atoms with van der Waals surface area (Å²) in [6, 6.07) is 17.5. The fraction of sp³-hybridized carbons (Fsp3) is 0.387. The Bertz CT molecular complexity index is 1570. The fourth-order valence-corrected chi connectivity index (χ4v) is 6.42. The molecule has 7 heteroatoms. The average Bonchev–Trinajstić information content (AvgIpc) is 3.69. The molecule has 3 aromatic heterocycles. The van der Waals surface area contributed by atoms with Crippen LogP contribution in [-0.2, 0) is 6.61 Å². The maximum atomic E-state index is 10.3. The highest BCUT2D eigenvalue weighted by Crippen LogP contribution is 2.41. The Balaban J connectivity index is 1.30. The summed E-state index contributed by atoms with van der Waals surface area (Å²) in [5.41, 5.74) is 7.20. The first kappa shape index (κ1) is 23.4. The molecule has 0 amide bonds. The Morgan fingerprint density at radius 2 is 1.74 bits per heavy atom. The van der Waals surface area contributed by atoms with Crippen LogP contribution in [0.15, 0.2) is 67.4 Å². The van der Waals surface area contributed by atoms with Gasteiger partial charge in [-0.2, -0.15) is 4.98 Å². The first-order valence-electron chi connectivity index (χ1n) is 13.9. The molecule has 3 heterocycles. The second-order valence-corrected chi connectivity index (χ2v) is 10.9. The normalized spacial score (nSPS) is 20.4. The van der Waals surface area contributed by atoms with Crippen LogP contribution in [0.4, 0.5) is 0 Å². The maximum Gasteiger partial charge on any atom is 0.242 e. The van der Waals surface area contributed by atoms with E-state index in [4.69, 9.17) is 14.7 Å². The van der Waals surface area contributed by atoms with Crippen LogP contribution >= 0.6 is 0 Å². The summed E-state index contributed by atoms with van der Waals surface area (Å²) < 4.78 is 10.9. The van der Waals surface area contributed by atoms with Gasteiger partial charge in [0.2, 0.25) is 5.88 Å². The summed E-state index contributed by atoms with van der Waals surface area (Å²) in [5.74, 6) is 0.578. The number of imidazole rings is 1. The van der Waals surface area contributed by atoms with E-state index >= 15 is 0 Å². The molecule has 2 aliphatic rings. The summed E-state index contributed by atoms with van der Waals surface area (Å²) in [4.78, 5) is 14.1. The van der Waals surface area contributed by atoms with Gasteiger partial charge in [-0.05, 0) is 55.4 Å². The zero-order valence-corrected chi connectivity index (χ0v) is 21.5. The van der Waals surface area contributed by atoms with Crippen LogP contribution in [0, 0.1) is 0 Å². The Labute approximate surface area is 222 Å². The van der Waals surface area contributed by atoms with Crippen LogP contribution in [-0.4, -0.2) is 35.3 Å². The van der Waals surface area contributed by atoms with Gasteiger partial charge in [-0.3, -0.25) is 0 Å². The summed E-state index contributed by atoms with van der Waals surface area (Å²) in [6.45, 7) is 0.436. The van der Waals surface area contributed by atoms with Crippen LogP contribution in [0.25, 0.3) is 33.2 Å². The quantitative estimate of drug-likeness (QED) is 0.279. The van der Waals surface area contributed by atoms with E-state index < -0.39 is 0 Å². The summed E-state index contributed by atoms with van der Waals surface area (Å²) in [6.07, 6.45) is 14.4. The number of ether oxygens (including phenoxy) is 1. The third-order valence-electron chi connectivity index (χ3n) is 8.41. The molecule has 0 aliphatic heterocycles. The van der Waals surface area contributed by atoms with E-state index in [9.17, 15) is 5.11 Å². The standard InChI is InChI=1S/C31H33N5O2/c37-25-13-12-24(16-25)35-17-26(29-30(35)31(33-19-32-29)38-18-21-7-3-1-4-8-21)22-11-14-28-27(15-22)34-20-36(28)23-9-5-2-6-10-23/h1,3-4,7-8,11,14-15,17,19-20,23-25,37H,2,5-6,9-10,12-13,16,18H2. The summed E-state index contributed by atoms with van der Waals surface area (Å²) in [5, 5.41) is 10.3. The summed E-state index contributed by atoms with van der Waals surface area (Å²) in [7, 11) is 0. The van der Waals surface area contributed by atoms with Crippen LogP contribution in [0.2, 0.25) is 0 Å². The molecule has 0 saturated heterocycles. The second-order valence-electron chi connectivity index (χ2n) is 10.9. The molecular weight excluding hydrogens is 474 g/mol. The molecule has 2 atom stereocenters. The minimum absolute atomic E-state index is 0.181. The zero-order valence-electron chi connectivity index (χ0n) is 21.5. The van der Waals surface area contributed by atoms with Crippen molar-refractivity contribution in [2.75, 3.05) is 0 Å². The SMILES string of the molecule is OC1CCC(n2cc(-c3ccc4c(c3)ncn4C3CCCCC3)c3ncnc(OCc4ccccc4)c32)C1. The van der Waals surface area contributed by atoms with Crippen LogP contribution < -0.4 is 4.74 Å². The Kier molecular flexibility index (Phi) is 6.08. The van der Waals surface area contributed by atoms with Gasteiger partial charge < -0.3 is 19.0 Å². The van der Waals surface area contributed by atoms with Gasteiger partial charge in [0, 0.05) is 23.8 Å². The lowest BCUT2D eigenvalue weighted by Crippen LogP contribution is -2.11. The van der Waals surface area contributed by atoms with Crippen molar-refractivity contribution in [3.8, 4) is 17.0 Å². The number of benzene rings is 2. The van der Waals surface area contributed by atoms with Crippen LogP contribution in [0.3, 0.4) is 0 Å². The molecule has 2 aliphatic carbocycles. The molecule has 38 heavy (non-hydrogen) atoms. The van der Waals surface area contributed by atoms with Gasteiger partial charge in [0.1, 0.15) is 24.0 Å². The molecule has 0 spiro atoms. The highest BCUT2D eigenvalue weighted by Gasteiger charge is 2.28. The Morgan fingerprint density at radius 3 is 2.55 bits per heavy atom. The van der Waals surface area contributed by atoms with E-state index in [1.54, 1.807) is 6.33 Å². The van der Waals surface area contributed by atoms with E-state index in [2.05, 4.69) is 50.6 Å². The molecule has 2 saturated carbocycles. The van der Waals surface area contributed by atoms with Gasteiger partial charge in [-0.15, -0.1) is 0 Å². The third kappa shape index (κ3) is 4.25. The Morgan fingerprint density at radius 1 is 0.868 bits per heavy atom. The number of rotatable bonds is 6. The molecule has 2 aromatic carbocycles. The monoisotopic (exact) mass is 507 g/mol. The van der Waals surface area contributed by atoms with E-state index in [0.29, 0.717) is 18.5 Å². The van der Waals surface area contributed by atoms with Crippen molar-refractivity contribution in [3.05, 3.63) is 72.9 Å². The van der Waals surface area contributed by atoms with Gasteiger partial charge >= 0.3 is 0 Å². The number of fused-ring (bicyclic) bond motifs is 2. The van der Waals surface area contributed by atoms with E-state index in [0.717, 1.165) is 52.5 Å². The van der Waals surface area contributed by atoms with Crippen molar-refractivity contribution in [1.82, 2.24) is 24.1 Å². The first-order valence-corrected chi connectivity index (χ1v) is 13.9.